The van der Waals surface area contributed by atoms with Gasteiger partial charge in [-0.1, -0.05) is 44.2 Å². The lowest BCUT2D eigenvalue weighted by atomic mass is 10.1. The minimum absolute atomic E-state index is 0.0540. The van der Waals surface area contributed by atoms with Gasteiger partial charge in [-0.05, 0) is 18.7 Å². The summed E-state index contributed by atoms with van der Waals surface area (Å²) < 4.78 is 7.08. The highest BCUT2D eigenvalue weighted by Gasteiger charge is 2.17. The first kappa shape index (κ1) is 19.7. The van der Waals surface area contributed by atoms with Crippen LogP contribution in [0.3, 0.4) is 0 Å². The van der Waals surface area contributed by atoms with Crippen molar-refractivity contribution in [2.45, 2.75) is 26.8 Å². The van der Waals surface area contributed by atoms with E-state index in [2.05, 4.69) is 18.7 Å². The van der Waals surface area contributed by atoms with Gasteiger partial charge in [0.25, 0.3) is 5.56 Å². The molecule has 3 aromatic rings. The van der Waals surface area contributed by atoms with Gasteiger partial charge in [0.15, 0.2) is 0 Å². The van der Waals surface area contributed by atoms with E-state index in [1.807, 2.05) is 40.3 Å². The highest BCUT2D eigenvalue weighted by molar-refractivity contribution is 7.17. The zero-order valence-electron chi connectivity index (χ0n) is 16.3. The Labute approximate surface area is 164 Å². The molecule has 0 bridgehead atoms. The first-order chi connectivity index (χ1) is 13.2. The van der Waals surface area contributed by atoms with Crippen molar-refractivity contribution < 1.29 is 4.74 Å². The van der Waals surface area contributed by atoms with Gasteiger partial charge >= 0.3 is 0 Å². The summed E-state index contributed by atoms with van der Waals surface area (Å²) in [5, 5.41) is 2.77. The van der Waals surface area contributed by atoms with Crippen molar-refractivity contribution >= 4 is 21.6 Å². The third kappa shape index (κ3) is 4.29. The first-order valence-corrected chi connectivity index (χ1v) is 10.3. The Balaban J connectivity index is 2.09. The van der Waals surface area contributed by atoms with Crippen molar-refractivity contribution in [3.63, 3.8) is 0 Å². The zero-order chi connectivity index (χ0) is 19.2. The van der Waals surface area contributed by atoms with Crippen molar-refractivity contribution in [2.75, 3.05) is 33.4 Å². The smallest absolute Gasteiger partial charge is 0.262 e. The van der Waals surface area contributed by atoms with Crippen LogP contribution in [0.15, 0.2) is 40.5 Å². The Hall–Kier alpha value is -2.02. The molecule has 2 aromatic heterocycles. The summed E-state index contributed by atoms with van der Waals surface area (Å²) >= 11 is 1.54. The summed E-state index contributed by atoms with van der Waals surface area (Å²) in [7, 11) is 1.68. The highest BCUT2D eigenvalue weighted by atomic mass is 32.1. The molecular weight excluding hydrogens is 358 g/mol. The van der Waals surface area contributed by atoms with Gasteiger partial charge in [-0.25, -0.2) is 4.98 Å². The maximum atomic E-state index is 13.4. The van der Waals surface area contributed by atoms with Crippen LogP contribution in [-0.2, 0) is 17.7 Å². The number of benzene rings is 1. The molecule has 3 rings (SSSR count). The minimum Gasteiger partial charge on any atom is -0.384 e. The molecule has 0 radical (unpaired) electrons. The second-order valence-corrected chi connectivity index (χ2v) is 7.31. The molecule has 2 heterocycles. The average molecular weight is 386 g/mol. The van der Waals surface area contributed by atoms with E-state index >= 15 is 0 Å². The van der Waals surface area contributed by atoms with Gasteiger partial charge in [0.05, 0.1) is 12.0 Å². The SMILES string of the molecule is CCN(CC)CCn1c(CCOC)nc2scc(-c3ccccc3)c2c1=O. The minimum atomic E-state index is 0.0540. The van der Waals surface area contributed by atoms with Crippen molar-refractivity contribution in [3.05, 3.63) is 51.9 Å². The molecule has 0 saturated carbocycles. The van der Waals surface area contributed by atoms with Crippen molar-refractivity contribution in [2.24, 2.45) is 0 Å². The lowest BCUT2D eigenvalue weighted by molar-refractivity contribution is 0.198. The third-order valence-electron chi connectivity index (χ3n) is 4.92. The van der Waals surface area contributed by atoms with Crippen LogP contribution in [0, 0.1) is 0 Å². The standard InChI is InChI=1S/C21H27N3O2S/c1-4-23(5-2)12-13-24-18(11-14-26-3)22-20-19(21(24)25)17(15-27-20)16-9-7-6-8-10-16/h6-10,15H,4-5,11-14H2,1-3H3. The maximum Gasteiger partial charge on any atom is 0.262 e. The van der Waals surface area contributed by atoms with Gasteiger partial charge in [-0.15, -0.1) is 11.3 Å². The highest BCUT2D eigenvalue weighted by Crippen LogP contribution is 2.30. The van der Waals surface area contributed by atoms with Gasteiger partial charge in [-0.2, -0.15) is 0 Å². The summed E-state index contributed by atoms with van der Waals surface area (Å²) in [4.78, 5) is 21.4. The fraction of sp³-hybridized carbons (Fsp3) is 0.429. The quantitative estimate of drug-likeness (QED) is 0.564. The third-order valence-corrected chi connectivity index (χ3v) is 5.79. The number of hydrogen-bond acceptors (Lipinski definition) is 5. The molecule has 0 aliphatic carbocycles. The molecule has 27 heavy (non-hydrogen) atoms. The van der Waals surface area contributed by atoms with Crippen LogP contribution in [0.4, 0.5) is 0 Å². The fourth-order valence-electron chi connectivity index (χ4n) is 3.29. The second-order valence-electron chi connectivity index (χ2n) is 6.45. The predicted molar refractivity (Wildman–Crippen MR) is 113 cm³/mol. The first-order valence-electron chi connectivity index (χ1n) is 9.47. The Bertz CT molecular complexity index is 930. The normalized spacial score (nSPS) is 11.6. The molecule has 1 aromatic carbocycles. The number of fused-ring (bicyclic) bond motifs is 1. The number of nitrogens with zero attached hydrogens (tertiary/aromatic N) is 3. The van der Waals surface area contributed by atoms with E-state index in [1.165, 1.54) is 11.3 Å². The zero-order valence-corrected chi connectivity index (χ0v) is 17.1. The van der Waals surface area contributed by atoms with Crippen LogP contribution >= 0.6 is 11.3 Å². The van der Waals surface area contributed by atoms with Crippen molar-refractivity contribution in [1.29, 1.82) is 0 Å². The number of aromatic nitrogens is 2. The molecule has 0 aliphatic heterocycles. The molecule has 0 fully saturated rings. The molecule has 0 unspecified atom stereocenters. The molecule has 0 N–H and O–H groups in total. The van der Waals surface area contributed by atoms with E-state index in [0.29, 0.717) is 19.6 Å². The Morgan fingerprint density at radius 1 is 1.19 bits per heavy atom. The molecule has 144 valence electrons. The van der Waals surface area contributed by atoms with Gasteiger partial charge in [0, 0.05) is 37.6 Å². The van der Waals surface area contributed by atoms with E-state index in [0.717, 1.165) is 46.8 Å². The van der Waals surface area contributed by atoms with Crippen molar-refractivity contribution in [3.8, 4) is 11.1 Å². The predicted octanol–water partition coefficient (Wildman–Crippen LogP) is 3.66. The monoisotopic (exact) mass is 385 g/mol. The van der Waals surface area contributed by atoms with Gasteiger partial charge in [0.2, 0.25) is 0 Å². The van der Waals surface area contributed by atoms with E-state index in [4.69, 9.17) is 9.72 Å². The van der Waals surface area contributed by atoms with E-state index in [1.54, 1.807) is 7.11 Å². The van der Waals surface area contributed by atoms with Crippen LogP contribution in [-0.4, -0.2) is 47.8 Å². The molecular formula is C21H27N3O2S. The number of ether oxygens (including phenoxy) is 1. The molecule has 5 nitrogen and oxygen atoms in total. The molecule has 0 amide bonds. The van der Waals surface area contributed by atoms with Crippen LogP contribution in [0.5, 0.6) is 0 Å². The van der Waals surface area contributed by atoms with Gasteiger partial charge in [0.1, 0.15) is 10.7 Å². The van der Waals surface area contributed by atoms with Crippen LogP contribution in [0.2, 0.25) is 0 Å². The van der Waals surface area contributed by atoms with Gasteiger partial charge < -0.3 is 9.64 Å². The number of rotatable bonds is 9. The van der Waals surface area contributed by atoms with Crippen molar-refractivity contribution in [1.82, 2.24) is 14.5 Å². The molecule has 0 spiro atoms. The topological polar surface area (TPSA) is 47.4 Å². The average Bonchev–Trinajstić information content (AvgIpc) is 3.13. The lowest BCUT2D eigenvalue weighted by Gasteiger charge is -2.20. The molecule has 0 saturated heterocycles. The van der Waals surface area contributed by atoms with Gasteiger partial charge in [-0.3, -0.25) is 9.36 Å². The number of thiophene rings is 1. The molecule has 6 heteroatoms. The van der Waals surface area contributed by atoms with E-state index in [9.17, 15) is 4.79 Å². The summed E-state index contributed by atoms with van der Waals surface area (Å²) in [5.41, 5.74) is 2.09. The summed E-state index contributed by atoms with van der Waals surface area (Å²) in [6.45, 7) is 8.28. The Kier molecular flexibility index (Phi) is 6.77. The largest absolute Gasteiger partial charge is 0.384 e. The Morgan fingerprint density at radius 2 is 1.93 bits per heavy atom. The van der Waals surface area contributed by atoms with Crippen LogP contribution in [0.25, 0.3) is 21.3 Å². The summed E-state index contributed by atoms with van der Waals surface area (Å²) in [6, 6.07) is 10.1. The van der Waals surface area contributed by atoms with Crippen LogP contribution in [0.1, 0.15) is 19.7 Å². The summed E-state index contributed by atoms with van der Waals surface area (Å²) in [6.07, 6.45) is 0.637. The molecule has 0 aliphatic rings. The summed E-state index contributed by atoms with van der Waals surface area (Å²) in [5.74, 6) is 0.808. The Morgan fingerprint density at radius 3 is 2.59 bits per heavy atom. The number of likely N-dealkylation sites (N-methyl/N-ethyl adjacent to an activating group) is 1. The number of hydrogen-bond donors (Lipinski definition) is 0. The lowest BCUT2D eigenvalue weighted by Crippen LogP contribution is -2.33. The van der Waals surface area contributed by atoms with E-state index in [-0.39, 0.29) is 5.56 Å². The second kappa shape index (κ2) is 9.26. The molecule has 0 atom stereocenters. The number of methoxy groups -OCH3 is 1. The van der Waals surface area contributed by atoms with E-state index < -0.39 is 0 Å². The van der Waals surface area contributed by atoms with Crippen LogP contribution < -0.4 is 5.56 Å². The fourth-order valence-corrected chi connectivity index (χ4v) is 4.25. The maximum absolute atomic E-state index is 13.4.